The Morgan fingerprint density at radius 2 is 1.71 bits per heavy atom. The van der Waals surface area contributed by atoms with Crippen LogP contribution in [0.5, 0.6) is 0 Å². The molecule has 0 saturated carbocycles. The van der Waals surface area contributed by atoms with Crippen molar-refractivity contribution in [1.29, 1.82) is 0 Å². The highest BCUT2D eigenvalue weighted by molar-refractivity contribution is 4.59. The maximum atomic E-state index is 5.43. The molecular weight excluding hydrogens is 172 g/mol. The van der Waals surface area contributed by atoms with Gasteiger partial charge >= 0.3 is 0 Å². The summed E-state index contributed by atoms with van der Waals surface area (Å²) in [6.45, 7) is 6.55. The molecule has 1 atom stereocenters. The highest BCUT2D eigenvalue weighted by Gasteiger charge is 1.97. The predicted molar refractivity (Wildman–Crippen MR) is 64.5 cm³/mol. The number of nitrogens with two attached hydrogens (primary N) is 1. The van der Waals surface area contributed by atoms with Crippen LogP contribution in [0.25, 0.3) is 0 Å². The summed E-state index contributed by atoms with van der Waals surface area (Å²) in [5, 5.41) is 3.55. The van der Waals surface area contributed by atoms with Gasteiger partial charge in [0, 0.05) is 6.04 Å². The third-order valence-electron chi connectivity index (χ3n) is 2.60. The van der Waals surface area contributed by atoms with Crippen LogP contribution in [-0.4, -0.2) is 19.1 Å². The summed E-state index contributed by atoms with van der Waals surface area (Å²) >= 11 is 0. The SMILES string of the molecule is CCCC(C)NCCCCCCCN. The van der Waals surface area contributed by atoms with Crippen LogP contribution in [-0.2, 0) is 0 Å². The third-order valence-corrected chi connectivity index (χ3v) is 2.60. The Hall–Kier alpha value is -0.0800. The molecular formula is C12H28N2. The summed E-state index contributed by atoms with van der Waals surface area (Å²) in [6.07, 6.45) is 9.10. The first kappa shape index (κ1) is 13.9. The topological polar surface area (TPSA) is 38.0 Å². The lowest BCUT2D eigenvalue weighted by Gasteiger charge is -2.11. The Balaban J connectivity index is 2.98. The van der Waals surface area contributed by atoms with E-state index in [9.17, 15) is 0 Å². The molecule has 2 heteroatoms. The normalized spacial score (nSPS) is 13.1. The van der Waals surface area contributed by atoms with Crippen molar-refractivity contribution in [3.8, 4) is 0 Å². The van der Waals surface area contributed by atoms with E-state index in [0.717, 1.165) is 6.54 Å². The van der Waals surface area contributed by atoms with Crippen molar-refractivity contribution in [2.75, 3.05) is 13.1 Å². The molecule has 0 amide bonds. The average molecular weight is 200 g/mol. The fourth-order valence-electron chi connectivity index (χ4n) is 1.68. The van der Waals surface area contributed by atoms with Gasteiger partial charge in [-0.1, -0.05) is 32.6 Å². The van der Waals surface area contributed by atoms with Gasteiger partial charge in [0.2, 0.25) is 0 Å². The van der Waals surface area contributed by atoms with Crippen LogP contribution in [0.15, 0.2) is 0 Å². The zero-order chi connectivity index (χ0) is 10.6. The third kappa shape index (κ3) is 10.0. The summed E-state index contributed by atoms with van der Waals surface area (Å²) in [7, 11) is 0. The Morgan fingerprint density at radius 1 is 1.07 bits per heavy atom. The Labute approximate surface area is 89.6 Å². The second kappa shape index (κ2) is 11.0. The zero-order valence-corrected chi connectivity index (χ0v) is 10.0. The summed E-state index contributed by atoms with van der Waals surface area (Å²) in [4.78, 5) is 0. The van der Waals surface area contributed by atoms with Crippen molar-refractivity contribution >= 4 is 0 Å². The molecule has 0 aromatic carbocycles. The molecule has 0 aliphatic rings. The molecule has 0 rings (SSSR count). The van der Waals surface area contributed by atoms with Crippen LogP contribution >= 0.6 is 0 Å². The molecule has 2 nitrogen and oxygen atoms in total. The van der Waals surface area contributed by atoms with E-state index in [4.69, 9.17) is 5.73 Å². The lowest BCUT2D eigenvalue weighted by atomic mass is 10.1. The fraction of sp³-hybridized carbons (Fsp3) is 1.00. The van der Waals surface area contributed by atoms with Gasteiger partial charge in [0.15, 0.2) is 0 Å². The van der Waals surface area contributed by atoms with Crippen LogP contribution in [0.3, 0.4) is 0 Å². The van der Waals surface area contributed by atoms with Crippen LogP contribution < -0.4 is 11.1 Å². The number of hydrogen-bond donors (Lipinski definition) is 2. The maximum absolute atomic E-state index is 5.43. The minimum absolute atomic E-state index is 0.698. The first-order valence-electron chi connectivity index (χ1n) is 6.24. The molecule has 0 spiro atoms. The van der Waals surface area contributed by atoms with Gasteiger partial charge in [0.05, 0.1) is 0 Å². The molecule has 0 aromatic heterocycles. The van der Waals surface area contributed by atoms with Crippen molar-refractivity contribution in [1.82, 2.24) is 5.32 Å². The number of rotatable bonds is 10. The van der Waals surface area contributed by atoms with Gasteiger partial charge in [-0.15, -0.1) is 0 Å². The Kier molecular flexibility index (Phi) is 10.9. The second-order valence-electron chi connectivity index (χ2n) is 4.20. The monoisotopic (exact) mass is 200 g/mol. The summed E-state index contributed by atoms with van der Waals surface area (Å²) in [5.74, 6) is 0. The maximum Gasteiger partial charge on any atom is 0.00386 e. The minimum Gasteiger partial charge on any atom is -0.330 e. The Bertz CT molecular complexity index is 104. The van der Waals surface area contributed by atoms with Crippen molar-refractivity contribution in [3.63, 3.8) is 0 Å². The molecule has 0 bridgehead atoms. The van der Waals surface area contributed by atoms with E-state index in [-0.39, 0.29) is 0 Å². The molecule has 14 heavy (non-hydrogen) atoms. The van der Waals surface area contributed by atoms with E-state index in [1.165, 1.54) is 51.5 Å². The lowest BCUT2D eigenvalue weighted by Crippen LogP contribution is -2.26. The summed E-state index contributed by atoms with van der Waals surface area (Å²) < 4.78 is 0. The van der Waals surface area contributed by atoms with Gasteiger partial charge in [0.25, 0.3) is 0 Å². The second-order valence-corrected chi connectivity index (χ2v) is 4.20. The van der Waals surface area contributed by atoms with E-state index < -0.39 is 0 Å². The molecule has 3 N–H and O–H groups in total. The van der Waals surface area contributed by atoms with E-state index in [1.807, 2.05) is 0 Å². The van der Waals surface area contributed by atoms with Crippen molar-refractivity contribution in [3.05, 3.63) is 0 Å². The average Bonchev–Trinajstić information content (AvgIpc) is 2.17. The lowest BCUT2D eigenvalue weighted by molar-refractivity contribution is 0.488. The first-order valence-corrected chi connectivity index (χ1v) is 6.24. The van der Waals surface area contributed by atoms with Crippen LogP contribution in [0.2, 0.25) is 0 Å². The molecule has 0 aromatic rings. The molecule has 1 unspecified atom stereocenters. The molecule has 0 heterocycles. The molecule has 0 radical (unpaired) electrons. The highest BCUT2D eigenvalue weighted by atomic mass is 14.9. The molecule has 0 aliphatic carbocycles. The summed E-state index contributed by atoms with van der Waals surface area (Å²) in [5.41, 5.74) is 5.43. The van der Waals surface area contributed by atoms with Crippen molar-refractivity contribution in [2.45, 2.75) is 64.8 Å². The van der Waals surface area contributed by atoms with E-state index in [0.29, 0.717) is 6.04 Å². The molecule has 0 fully saturated rings. The van der Waals surface area contributed by atoms with E-state index in [2.05, 4.69) is 19.2 Å². The zero-order valence-electron chi connectivity index (χ0n) is 10.0. The Morgan fingerprint density at radius 3 is 2.36 bits per heavy atom. The molecule has 0 saturated heterocycles. The minimum atomic E-state index is 0.698. The molecule has 86 valence electrons. The van der Waals surface area contributed by atoms with E-state index >= 15 is 0 Å². The van der Waals surface area contributed by atoms with Crippen LogP contribution in [0.1, 0.15) is 58.8 Å². The van der Waals surface area contributed by atoms with Crippen LogP contribution in [0, 0.1) is 0 Å². The van der Waals surface area contributed by atoms with E-state index in [1.54, 1.807) is 0 Å². The van der Waals surface area contributed by atoms with Gasteiger partial charge in [-0.25, -0.2) is 0 Å². The smallest absolute Gasteiger partial charge is 0.00386 e. The van der Waals surface area contributed by atoms with Gasteiger partial charge in [0.1, 0.15) is 0 Å². The van der Waals surface area contributed by atoms with Gasteiger partial charge in [-0.2, -0.15) is 0 Å². The fourth-order valence-corrected chi connectivity index (χ4v) is 1.68. The number of unbranched alkanes of at least 4 members (excludes halogenated alkanes) is 4. The first-order chi connectivity index (χ1) is 6.81. The van der Waals surface area contributed by atoms with Gasteiger partial charge < -0.3 is 11.1 Å². The number of hydrogen-bond acceptors (Lipinski definition) is 2. The standard InChI is InChI=1S/C12H28N2/c1-3-9-12(2)14-11-8-6-4-5-7-10-13/h12,14H,3-11,13H2,1-2H3. The molecule has 0 aliphatic heterocycles. The van der Waals surface area contributed by atoms with Crippen LogP contribution in [0.4, 0.5) is 0 Å². The van der Waals surface area contributed by atoms with Crippen molar-refractivity contribution < 1.29 is 0 Å². The highest BCUT2D eigenvalue weighted by Crippen LogP contribution is 2.02. The summed E-state index contributed by atoms with van der Waals surface area (Å²) in [6, 6.07) is 0.698. The number of nitrogens with one attached hydrogen (secondary N) is 1. The predicted octanol–water partition coefficient (Wildman–Crippen LogP) is 2.67. The van der Waals surface area contributed by atoms with Gasteiger partial charge in [-0.05, 0) is 39.3 Å². The van der Waals surface area contributed by atoms with Crippen molar-refractivity contribution in [2.24, 2.45) is 5.73 Å². The quantitative estimate of drug-likeness (QED) is 0.532. The largest absolute Gasteiger partial charge is 0.330 e. The van der Waals surface area contributed by atoms with Gasteiger partial charge in [-0.3, -0.25) is 0 Å².